The first kappa shape index (κ1) is 24.2. The zero-order chi connectivity index (χ0) is 25.9. The molecule has 0 spiro atoms. The molecule has 190 valence electrons. The number of hydrogen-bond acceptors (Lipinski definition) is 5. The van der Waals surface area contributed by atoms with Crippen molar-refractivity contribution < 1.29 is 4.79 Å². The molecule has 0 atom stereocenters. The fourth-order valence-electron chi connectivity index (χ4n) is 4.84. The number of hydrogen-bond donors (Lipinski definition) is 1. The Morgan fingerprint density at radius 3 is 2.53 bits per heavy atom. The fourth-order valence-corrected chi connectivity index (χ4v) is 5.03. The summed E-state index contributed by atoms with van der Waals surface area (Å²) in [5, 5.41) is 8.02. The molecule has 5 aromatic rings. The summed E-state index contributed by atoms with van der Waals surface area (Å²) in [4.78, 5) is 22.6. The molecule has 7 nitrogen and oxygen atoms in total. The zero-order valence-electron chi connectivity index (χ0n) is 20.8. The molecule has 1 N–H and O–H groups in total. The number of nitrogens with one attached hydrogen (secondary N) is 1. The van der Waals surface area contributed by atoms with Crippen molar-refractivity contribution in [2.45, 2.75) is 6.54 Å². The molecule has 0 unspecified atom stereocenters. The summed E-state index contributed by atoms with van der Waals surface area (Å²) >= 11 is 6.18. The Kier molecular flexibility index (Phi) is 6.77. The van der Waals surface area contributed by atoms with Crippen LogP contribution in [0.2, 0.25) is 5.02 Å². The largest absolute Gasteiger partial charge is 0.369 e. The minimum absolute atomic E-state index is 0.268. The Hall–Kier alpha value is -4.20. The van der Waals surface area contributed by atoms with Crippen LogP contribution in [-0.4, -0.2) is 51.6 Å². The van der Waals surface area contributed by atoms with E-state index in [1.807, 2.05) is 42.5 Å². The number of aromatic nitrogens is 3. The smallest absolute Gasteiger partial charge is 0.274 e. The molecule has 3 aromatic carbocycles. The number of fused-ring (bicyclic) bond motifs is 1. The van der Waals surface area contributed by atoms with Crippen molar-refractivity contribution in [2.24, 2.45) is 0 Å². The maximum Gasteiger partial charge on any atom is 0.274 e. The molecule has 1 fully saturated rings. The number of carbonyl (C=O) groups is 1. The summed E-state index contributed by atoms with van der Waals surface area (Å²) in [6, 6.07) is 27.8. The van der Waals surface area contributed by atoms with Gasteiger partial charge in [-0.05, 0) is 47.5 Å². The van der Waals surface area contributed by atoms with Gasteiger partial charge in [0.05, 0.1) is 6.20 Å². The lowest BCUT2D eigenvalue weighted by atomic mass is 10.1. The molecular formula is C30H27ClN6O. The topological polar surface area (TPSA) is 65.8 Å². The van der Waals surface area contributed by atoms with Crippen molar-refractivity contribution >= 4 is 34.5 Å². The molecule has 2 aromatic heterocycles. The van der Waals surface area contributed by atoms with Crippen molar-refractivity contribution in [1.82, 2.24) is 19.5 Å². The van der Waals surface area contributed by atoms with Crippen LogP contribution in [0.1, 0.15) is 16.1 Å². The first-order valence-electron chi connectivity index (χ1n) is 12.7. The second kappa shape index (κ2) is 10.7. The Labute approximate surface area is 226 Å². The maximum atomic E-state index is 13.1. The second-order valence-electron chi connectivity index (χ2n) is 9.40. The quantitative estimate of drug-likeness (QED) is 0.313. The molecule has 38 heavy (non-hydrogen) atoms. The number of nitrogens with zero attached hydrogens (tertiary/aromatic N) is 5. The first-order chi connectivity index (χ1) is 18.6. The van der Waals surface area contributed by atoms with Crippen LogP contribution in [0.15, 0.2) is 97.3 Å². The Bertz CT molecular complexity index is 1580. The van der Waals surface area contributed by atoms with Crippen molar-refractivity contribution in [1.29, 1.82) is 0 Å². The second-order valence-corrected chi connectivity index (χ2v) is 9.84. The Balaban J connectivity index is 1.14. The number of benzene rings is 3. The van der Waals surface area contributed by atoms with Crippen molar-refractivity contribution in [3.8, 4) is 11.1 Å². The number of piperazine rings is 1. The molecule has 3 heterocycles. The van der Waals surface area contributed by atoms with Gasteiger partial charge in [-0.25, -0.2) is 9.50 Å². The third-order valence-corrected chi connectivity index (χ3v) is 7.06. The molecule has 1 aliphatic rings. The number of anilines is 2. The standard InChI is InChI=1S/C30H27ClN6O/c31-24-9-4-8-23(18-24)27-20-32-37-13-12-28(34-29(27)37)30(38)33-25-10-5-11-26(19-25)36-16-14-35(15-17-36)21-22-6-2-1-3-7-22/h1-13,18-20H,14-17,21H2,(H,33,38). The van der Waals surface area contributed by atoms with E-state index in [-0.39, 0.29) is 5.91 Å². The number of amides is 1. The van der Waals surface area contributed by atoms with E-state index in [0.717, 1.165) is 55.2 Å². The minimum atomic E-state index is -0.268. The van der Waals surface area contributed by atoms with Gasteiger partial charge in [-0.2, -0.15) is 5.10 Å². The van der Waals surface area contributed by atoms with Gasteiger partial charge in [0.2, 0.25) is 0 Å². The van der Waals surface area contributed by atoms with Gasteiger partial charge >= 0.3 is 0 Å². The summed E-state index contributed by atoms with van der Waals surface area (Å²) < 4.78 is 1.66. The third kappa shape index (κ3) is 5.25. The normalized spacial score (nSPS) is 14.1. The van der Waals surface area contributed by atoms with Crippen LogP contribution in [0, 0.1) is 0 Å². The highest BCUT2D eigenvalue weighted by Gasteiger charge is 2.18. The average Bonchev–Trinajstić information content (AvgIpc) is 3.38. The molecular weight excluding hydrogens is 496 g/mol. The first-order valence-corrected chi connectivity index (χ1v) is 13.0. The molecule has 1 amide bonds. The summed E-state index contributed by atoms with van der Waals surface area (Å²) in [6.07, 6.45) is 3.48. The van der Waals surface area contributed by atoms with Crippen molar-refractivity contribution in [3.05, 3.63) is 114 Å². The highest BCUT2D eigenvalue weighted by atomic mass is 35.5. The predicted molar refractivity (Wildman–Crippen MR) is 152 cm³/mol. The molecule has 0 aliphatic carbocycles. The summed E-state index contributed by atoms with van der Waals surface area (Å²) in [5.74, 6) is -0.268. The lowest BCUT2D eigenvalue weighted by Crippen LogP contribution is -2.45. The van der Waals surface area contributed by atoms with Gasteiger partial charge in [0.1, 0.15) is 5.69 Å². The lowest BCUT2D eigenvalue weighted by molar-refractivity contribution is 0.102. The van der Waals surface area contributed by atoms with E-state index in [4.69, 9.17) is 11.6 Å². The van der Waals surface area contributed by atoms with E-state index in [2.05, 4.69) is 61.6 Å². The summed E-state index contributed by atoms with van der Waals surface area (Å²) in [7, 11) is 0. The van der Waals surface area contributed by atoms with E-state index in [1.54, 1.807) is 23.0 Å². The van der Waals surface area contributed by atoms with Crippen LogP contribution in [0.4, 0.5) is 11.4 Å². The molecule has 0 bridgehead atoms. The molecule has 0 saturated carbocycles. The molecule has 1 saturated heterocycles. The molecule has 1 aliphatic heterocycles. The number of halogens is 1. The highest BCUT2D eigenvalue weighted by Crippen LogP contribution is 2.26. The lowest BCUT2D eigenvalue weighted by Gasteiger charge is -2.36. The summed E-state index contributed by atoms with van der Waals surface area (Å²) in [6.45, 7) is 4.84. The van der Waals surface area contributed by atoms with E-state index in [0.29, 0.717) is 16.4 Å². The average molecular weight is 523 g/mol. The molecule has 0 radical (unpaired) electrons. The SMILES string of the molecule is O=C(Nc1cccc(N2CCN(Cc3ccccc3)CC2)c1)c1ccn2ncc(-c3cccc(Cl)c3)c2n1. The van der Waals surface area contributed by atoms with E-state index >= 15 is 0 Å². The Morgan fingerprint density at radius 1 is 0.895 bits per heavy atom. The van der Waals surface area contributed by atoms with Crippen LogP contribution < -0.4 is 10.2 Å². The minimum Gasteiger partial charge on any atom is -0.369 e. The van der Waals surface area contributed by atoms with Crippen LogP contribution >= 0.6 is 11.6 Å². The predicted octanol–water partition coefficient (Wildman–Crippen LogP) is 5.62. The van der Waals surface area contributed by atoms with Crippen LogP contribution in [0.5, 0.6) is 0 Å². The van der Waals surface area contributed by atoms with Gasteiger partial charge in [-0.3, -0.25) is 9.69 Å². The maximum absolute atomic E-state index is 13.1. The van der Waals surface area contributed by atoms with Crippen LogP contribution in [0.3, 0.4) is 0 Å². The zero-order valence-corrected chi connectivity index (χ0v) is 21.6. The number of carbonyl (C=O) groups excluding carboxylic acids is 1. The Morgan fingerprint density at radius 2 is 1.71 bits per heavy atom. The van der Waals surface area contributed by atoms with E-state index in [9.17, 15) is 4.79 Å². The van der Waals surface area contributed by atoms with E-state index < -0.39 is 0 Å². The number of rotatable bonds is 6. The van der Waals surface area contributed by atoms with Gasteiger partial charge in [0.25, 0.3) is 5.91 Å². The monoisotopic (exact) mass is 522 g/mol. The van der Waals surface area contributed by atoms with Crippen molar-refractivity contribution in [2.75, 3.05) is 36.4 Å². The van der Waals surface area contributed by atoms with Gasteiger partial charge in [-0.1, -0.05) is 60.1 Å². The van der Waals surface area contributed by atoms with Crippen LogP contribution in [-0.2, 0) is 6.54 Å². The van der Waals surface area contributed by atoms with Gasteiger partial charge in [0, 0.05) is 60.9 Å². The van der Waals surface area contributed by atoms with Gasteiger partial charge in [0.15, 0.2) is 5.65 Å². The fraction of sp³-hybridized carbons (Fsp3) is 0.167. The van der Waals surface area contributed by atoms with Crippen LogP contribution in [0.25, 0.3) is 16.8 Å². The highest BCUT2D eigenvalue weighted by molar-refractivity contribution is 6.30. The third-order valence-electron chi connectivity index (χ3n) is 6.83. The summed E-state index contributed by atoms with van der Waals surface area (Å²) in [5.41, 5.74) is 5.81. The molecule has 6 rings (SSSR count). The van der Waals surface area contributed by atoms with Gasteiger partial charge < -0.3 is 10.2 Å². The van der Waals surface area contributed by atoms with Crippen molar-refractivity contribution in [3.63, 3.8) is 0 Å². The van der Waals surface area contributed by atoms with Gasteiger partial charge in [-0.15, -0.1) is 0 Å². The van der Waals surface area contributed by atoms with E-state index in [1.165, 1.54) is 5.56 Å². The molecule has 8 heteroatoms.